The maximum atomic E-state index is 12.5. The number of hydrogen-bond donors (Lipinski definition) is 1. The minimum absolute atomic E-state index is 0.109. The van der Waals surface area contributed by atoms with Gasteiger partial charge in [-0.15, -0.1) is 10.2 Å². The molecule has 8 heteroatoms. The van der Waals surface area contributed by atoms with Gasteiger partial charge in [-0.25, -0.2) is 0 Å². The first-order valence-corrected chi connectivity index (χ1v) is 8.53. The molecule has 1 aromatic carbocycles. The van der Waals surface area contributed by atoms with Crippen LogP contribution in [0.3, 0.4) is 0 Å². The lowest BCUT2D eigenvalue weighted by atomic mass is 9.93. The van der Waals surface area contributed by atoms with Gasteiger partial charge in [0.25, 0.3) is 5.91 Å². The molecule has 25 heavy (non-hydrogen) atoms. The number of amides is 1. The van der Waals surface area contributed by atoms with Crippen molar-refractivity contribution in [1.82, 2.24) is 10.2 Å². The van der Waals surface area contributed by atoms with Crippen LogP contribution >= 0.6 is 11.3 Å². The topological polar surface area (TPSA) is 82.6 Å². The first kappa shape index (κ1) is 19.0. The maximum Gasteiger partial charge on any atom is 0.257 e. The number of methoxy groups -OCH3 is 3. The highest BCUT2D eigenvalue weighted by atomic mass is 32.1. The predicted octanol–water partition coefficient (Wildman–Crippen LogP) is 3.40. The highest BCUT2D eigenvalue weighted by molar-refractivity contribution is 7.15. The van der Waals surface area contributed by atoms with Gasteiger partial charge >= 0.3 is 0 Å². The normalized spacial score (nSPS) is 11.1. The molecule has 0 saturated carbocycles. The fourth-order valence-corrected chi connectivity index (χ4v) is 3.25. The van der Waals surface area contributed by atoms with Crippen molar-refractivity contribution in [3.8, 4) is 17.2 Å². The highest BCUT2D eigenvalue weighted by Crippen LogP contribution is 2.38. The number of carbonyl (C=O) groups is 1. The van der Waals surface area contributed by atoms with E-state index < -0.39 is 0 Å². The number of rotatable bonds is 6. The quantitative estimate of drug-likeness (QED) is 0.845. The molecule has 136 valence electrons. The van der Waals surface area contributed by atoms with E-state index in [4.69, 9.17) is 14.2 Å². The molecule has 1 heterocycles. The van der Waals surface area contributed by atoms with E-state index in [1.54, 1.807) is 12.1 Å². The van der Waals surface area contributed by atoms with Crippen LogP contribution in [-0.4, -0.2) is 37.4 Å². The summed E-state index contributed by atoms with van der Waals surface area (Å²) in [5.74, 6) is 0.943. The van der Waals surface area contributed by atoms with E-state index in [0.717, 1.165) is 11.4 Å². The largest absolute Gasteiger partial charge is 0.493 e. The van der Waals surface area contributed by atoms with Gasteiger partial charge in [-0.1, -0.05) is 32.1 Å². The van der Waals surface area contributed by atoms with Gasteiger partial charge in [0.1, 0.15) is 5.01 Å². The van der Waals surface area contributed by atoms with Gasteiger partial charge in [-0.05, 0) is 17.5 Å². The molecule has 1 aromatic heterocycles. The molecule has 0 spiro atoms. The smallest absolute Gasteiger partial charge is 0.257 e. The number of carbonyl (C=O) groups excluding carboxylic acids is 1. The zero-order valence-electron chi connectivity index (χ0n) is 15.3. The summed E-state index contributed by atoms with van der Waals surface area (Å²) in [6.07, 6.45) is 0.796. The van der Waals surface area contributed by atoms with Gasteiger partial charge in [-0.3, -0.25) is 10.1 Å². The van der Waals surface area contributed by atoms with E-state index in [1.807, 2.05) is 0 Å². The van der Waals surface area contributed by atoms with Crippen molar-refractivity contribution in [3.63, 3.8) is 0 Å². The van der Waals surface area contributed by atoms with Gasteiger partial charge in [0.2, 0.25) is 10.9 Å². The standard InChI is InChI=1S/C17H23N3O4S/c1-17(2,3)9-13-19-20-16(25-13)18-15(21)10-7-11(22-4)14(24-6)12(8-10)23-5/h7-8H,9H2,1-6H3,(H,18,20,21). The molecule has 0 aliphatic carbocycles. The summed E-state index contributed by atoms with van der Waals surface area (Å²) in [6.45, 7) is 6.38. The summed E-state index contributed by atoms with van der Waals surface area (Å²) >= 11 is 1.37. The lowest BCUT2D eigenvalue weighted by Gasteiger charge is -2.14. The molecular weight excluding hydrogens is 342 g/mol. The second-order valence-corrected chi connectivity index (χ2v) is 7.67. The lowest BCUT2D eigenvalue weighted by Crippen LogP contribution is -2.12. The molecule has 0 radical (unpaired) electrons. The molecule has 0 bridgehead atoms. The SMILES string of the molecule is COc1cc(C(=O)Nc2nnc(CC(C)(C)C)s2)cc(OC)c1OC. The number of nitrogens with zero attached hydrogens (tertiary/aromatic N) is 2. The van der Waals surface area contributed by atoms with Crippen molar-refractivity contribution in [1.29, 1.82) is 0 Å². The molecular formula is C17H23N3O4S. The maximum absolute atomic E-state index is 12.5. The van der Waals surface area contributed by atoms with E-state index in [2.05, 4.69) is 36.3 Å². The van der Waals surface area contributed by atoms with Crippen molar-refractivity contribution < 1.29 is 19.0 Å². The Bertz CT molecular complexity index is 728. The number of nitrogens with one attached hydrogen (secondary N) is 1. The van der Waals surface area contributed by atoms with Crippen LogP contribution in [0.5, 0.6) is 17.2 Å². The Morgan fingerprint density at radius 2 is 1.68 bits per heavy atom. The summed E-state index contributed by atoms with van der Waals surface area (Å²) in [4.78, 5) is 12.5. The van der Waals surface area contributed by atoms with Gasteiger partial charge in [0.15, 0.2) is 11.5 Å². The predicted molar refractivity (Wildman–Crippen MR) is 97.1 cm³/mol. The zero-order valence-corrected chi connectivity index (χ0v) is 16.1. The van der Waals surface area contributed by atoms with Crippen LogP contribution in [0, 0.1) is 5.41 Å². The number of hydrogen-bond acceptors (Lipinski definition) is 7. The third-order valence-corrected chi connectivity index (χ3v) is 4.13. The fourth-order valence-electron chi connectivity index (χ4n) is 2.21. The average Bonchev–Trinajstić information content (AvgIpc) is 2.97. The molecule has 7 nitrogen and oxygen atoms in total. The van der Waals surface area contributed by atoms with Gasteiger partial charge in [-0.2, -0.15) is 0 Å². The molecule has 2 rings (SSSR count). The van der Waals surface area contributed by atoms with Crippen LogP contribution in [0.4, 0.5) is 5.13 Å². The first-order valence-electron chi connectivity index (χ1n) is 7.71. The van der Waals surface area contributed by atoms with Crippen molar-refractivity contribution in [2.24, 2.45) is 5.41 Å². The molecule has 0 atom stereocenters. The fraction of sp³-hybridized carbons (Fsp3) is 0.471. The minimum atomic E-state index is -0.322. The first-order chi connectivity index (χ1) is 11.8. The molecule has 0 aliphatic heterocycles. The monoisotopic (exact) mass is 365 g/mol. The van der Waals surface area contributed by atoms with Gasteiger partial charge in [0.05, 0.1) is 21.3 Å². The molecule has 1 N–H and O–H groups in total. The number of aromatic nitrogens is 2. The Balaban J connectivity index is 2.21. The molecule has 0 saturated heterocycles. The second-order valence-electron chi connectivity index (χ2n) is 6.61. The Morgan fingerprint density at radius 3 is 2.16 bits per heavy atom. The van der Waals surface area contributed by atoms with Crippen LogP contribution < -0.4 is 19.5 Å². The van der Waals surface area contributed by atoms with Crippen molar-refractivity contribution in [2.45, 2.75) is 27.2 Å². The zero-order chi connectivity index (χ0) is 18.6. The van der Waals surface area contributed by atoms with Crippen molar-refractivity contribution in [3.05, 3.63) is 22.7 Å². The van der Waals surface area contributed by atoms with E-state index in [0.29, 0.717) is 27.9 Å². The van der Waals surface area contributed by atoms with Crippen molar-refractivity contribution >= 4 is 22.4 Å². The highest BCUT2D eigenvalue weighted by Gasteiger charge is 2.19. The summed E-state index contributed by atoms with van der Waals surface area (Å²) in [5, 5.41) is 12.3. The van der Waals surface area contributed by atoms with Crippen LogP contribution in [0.25, 0.3) is 0 Å². The summed E-state index contributed by atoms with van der Waals surface area (Å²) < 4.78 is 15.8. The van der Waals surface area contributed by atoms with E-state index in [9.17, 15) is 4.79 Å². The van der Waals surface area contributed by atoms with Gasteiger partial charge in [0, 0.05) is 12.0 Å². The minimum Gasteiger partial charge on any atom is -0.493 e. The molecule has 1 amide bonds. The van der Waals surface area contributed by atoms with E-state index >= 15 is 0 Å². The third-order valence-electron chi connectivity index (χ3n) is 3.30. The third kappa shape index (κ3) is 4.82. The average molecular weight is 365 g/mol. The second kappa shape index (κ2) is 7.69. The molecule has 2 aromatic rings. The number of ether oxygens (including phenoxy) is 3. The Morgan fingerprint density at radius 1 is 1.08 bits per heavy atom. The Hall–Kier alpha value is -2.35. The summed E-state index contributed by atoms with van der Waals surface area (Å²) in [7, 11) is 4.52. The van der Waals surface area contributed by atoms with Crippen LogP contribution in [0.2, 0.25) is 0 Å². The Kier molecular flexibility index (Phi) is 5.84. The van der Waals surface area contributed by atoms with Crippen LogP contribution in [0.1, 0.15) is 36.1 Å². The van der Waals surface area contributed by atoms with Crippen LogP contribution in [0.15, 0.2) is 12.1 Å². The van der Waals surface area contributed by atoms with Crippen LogP contribution in [-0.2, 0) is 6.42 Å². The number of anilines is 1. The molecule has 0 aliphatic rings. The van der Waals surface area contributed by atoms with E-state index in [-0.39, 0.29) is 11.3 Å². The van der Waals surface area contributed by atoms with Crippen molar-refractivity contribution in [2.75, 3.05) is 26.6 Å². The molecule has 0 unspecified atom stereocenters. The molecule has 0 fully saturated rings. The lowest BCUT2D eigenvalue weighted by molar-refractivity contribution is 0.102. The van der Waals surface area contributed by atoms with Gasteiger partial charge < -0.3 is 14.2 Å². The Labute approximate surface area is 151 Å². The number of benzene rings is 1. The summed E-state index contributed by atoms with van der Waals surface area (Å²) in [5.41, 5.74) is 0.486. The van der Waals surface area contributed by atoms with E-state index in [1.165, 1.54) is 32.7 Å². The summed E-state index contributed by atoms with van der Waals surface area (Å²) in [6, 6.07) is 3.18.